The second kappa shape index (κ2) is 39.2. The molecule has 0 aliphatic carbocycles. The summed E-state index contributed by atoms with van der Waals surface area (Å²) < 4.78 is 29.3. The number of carbonyl (C=O) groups excluding carboxylic acids is 6. The lowest BCUT2D eigenvalue weighted by molar-refractivity contribution is -0.310. The minimum Gasteiger partial charge on any atom is -0.493 e. The molecular formula is C71H90N6O21S2. The van der Waals surface area contributed by atoms with E-state index in [0.717, 1.165) is 48.9 Å². The highest BCUT2D eigenvalue weighted by Gasteiger charge is 2.57. The lowest BCUT2D eigenvalue weighted by atomic mass is 9.88. The van der Waals surface area contributed by atoms with Crippen molar-refractivity contribution < 1.29 is 103 Å². The molecule has 5 aromatic carbocycles. The molecule has 2 saturated heterocycles. The van der Waals surface area contributed by atoms with Crippen molar-refractivity contribution in [2.75, 3.05) is 69.0 Å². The minimum atomic E-state index is -2.51. The van der Waals surface area contributed by atoms with Crippen molar-refractivity contribution in [1.29, 1.82) is 0 Å². The molecule has 6 amide bonds. The van der Waals surface area contributed by atoms with E-state index in [1.807, 2.05) is 67.6 Å². The molecular weight excluding hydrogens is 1340 g/mol. The van der Waals surface area contributed by atoms with Crippen LogP contribution in [0.2, 0.25) is 0 Å². The number of benzene rings is 5. The molecule has 12 atom stereocenters. The highest BCUT2D eigenvalue weighted by Crippen LogP contribution is 2.36. The van der Waals surface area contributed by atoms with Gasteiger partial charge in [0.15, 0.2) is 0 Å². The number of nitrogens with one attached hydrogen (secondary N) is 6. The fraction of sp³-hybridized carbons (Fsp3) is 0.465. The first-order valence-corrected chi connectivity index (χ1v) is 35.4. The molecule has 2 aliphatic heterocycles. The average molecular weight is 1430 g/mol. The highest BCUT2D eigenvalue weighted by molar-refractivity contribution is 7.99. The van der Waals surface area contributed by atoms with Crippen LogP contribution in [-0.4, -0.2) is 230 Å². The SMILES string of the molecule is CCCCCOc1cc(C(=O)NCCSCCCO[C@]2(C(=O)O)C[C@H](O)[C@@H](NC(C)=O)[C@H]([C@H](O)[C@H](O)CNC(=O)c3ccc(-c4ccccc4)cc3)O2)ccc1C(=O)NCCSCCCO[C@]1(C(=O)O)C[C@H](O)[C@@H](NC(C)=O)[C@H]([C@H](O)[C@H](O)CNC(=O)c2ccc(-c3ccccc3)cc2)O1. The molecule has 27 nitrogen and oxygen atoms in total. The topological polar surface area (TPSA) is 417 Å². The van der Waals surface area contributed by atoms with E-state index in [1.54, 1.807) is 48.5 Å². The van der Waals surface area contributed by atoms with Crippen molar-refractivity contribution in [1.82, 2.24) is 31.9 Å². The summed E-state index contributed by atoms with van der Waals surface area (Å²) in [5.74, 6) is -9.71. The molecule has 2 fully saturated rings. The Balaban J connectivity index is 0.827. The maximum absolute atomic E-state index is 13.6. The number of carboxylic acid groups (broad SMARTS) is 2. The van der Waals surface area contributed by atoms with Gasteiger partial charge in [-0.3, -0.25) is 28.8 Å². The van der Waals surface area contributed by atoms with E-state index in [9.17, 15) is 79.2 Å². The first-order valence-electron chi connectivity index (χ1n) is 33.0. The van der Waals surface area contributed by atoms with Gasteiger partial charge < -0.3 is 96.4 Å². The lowest BCUT2D eigenvalue weighted by Crippen LogP contribution is -2.68. The molecule has 0 aromatic heterocycles. The van der Waals surface area contributed by atoms with Crippen molar-refractivity contribution in [2.45, 2.75) is 138 Å². The maximum Gasteiger partial charge on any atom is 0.364 e. The molecule has 5 aromatic rings. The van der Waals surface area contributed by atoms with Crippen LogP contribution in [0.3, 0.4) is 0 Å². The van der Waals surface area contributed by atoms with Gasteiger partial charge in [0.1, 0.15) is 30.2 Å². The number of aliphatic carboxylic acids is 2. The second-order valence-electron chi connectivity index (χ2n) is 24.1. The van der Waals surface area contributed by atoms with Gasteiger partial charge in [-0.25, -0.2) is 9.59 Å². The number of carboxylic acids is 2. The Labute approximate surface area is 587 Å². The van der Waals surface area contributed by atoms with E-state index < -0.39 is 146 Å². The quantitative estimate of drug-likeness (QED) is 0.0250. The zero-order chi connectivity index (χ0) is 72.4. The van der Waals surface area contributed by atoms with Crippen molar-refractivity contribution in [3.05, 3.63) is 150 Å². The number of ether oxygens (including phenoxy) is 5. The number of rotatable bonds is 39. The standard InChI is InChI=1S/C71H90N6O21S2/c1-4-5-12-31-94-57-38-51(66(88)72-29-36-99-34-13-32-95-70(68(90)91)39-53(80)58(76-43(2)78)62(97-70)60(84)55(82)41-74-64(86)49-23-19-47(20-24-49)45-15-8-6-9-16-45)27-28-52(57)67(89)73-30-37-100-35-14-33-96-71(69(92)93)40-54(81)59(77-44(3)79)63(98-71)61(85)56(83)42-75-65(87)50-25-21-48(22-26-50)46-17-10-7-11-18-46/h6-11,15-28,38,53-56,58-63,80-85H,4-5,12-14,29-37,39-42H2,1-3H3,(H,72,88)(H,73,89)(H,74,86)(H,75,87)(H,76,78)(H,77,79)(H,90,91)(H,92,93)/t53-,54-,55+,56+,58+,59+,60+,61+,62+,63+,70+,71+/m0/s1. The third kappa shape index (κ3) is 22.7. The number of aliphatic hydroxyl groups is 6. The van der Waals surface area contributed by atoms with E-state index in [2.05, 4.69) is 31.9 Å². The van der Waals surface area contributed by atoms with Crippen LogP contribution in [0.5, 0.6) is 5.75 Å². The fourth-order valence-electron chi connectivity index (χ4n) is 11.2. The van der Waals surface area contributed by atoms with Crippen LogP contribution < -0.4 is 36.6 Å². The van der Waals surface area contributed by atoms with Gasteiger partial charge in [-0.15, -0.1) is 0 Å². The van der Waals surface area contributed by atoms with Crippen molar-refractivity contribution >= 4 is 70.9 Å². The summed E-state index contributed by atoms with van der Waals surface area (Å²) in [5.41, 5.74) is 4.58. The summed E-state index contributed by atoms with van der Waals surface area (Å²) in [5, 5.41) is 104. The fourth-order valence-corrected chi connectivity index (χ4v) is 12.8. The molecule has 2 heterocycles. The number of thioether (sulfide) groups is 2. The average Bonchev–Trinajstić information content (AvgIpc) is 0.774. The normalized spacial score (nSPS) is 21.6. The van der Waals surface area contributed by atoms with Crippen LogP contribution in [0.15, 0.2) is 127 Å². The summed E-state index contributed by atoms with van der Waals surface area (Å²) in [6.07, 6.45) is -12.4. The first-order chi connectivity index (χ1) is 48.0. The maximum atomic E-state index is 13.6. The van der Waals surface area contributed by atoms with Crippen LogP contribution in [0.25, 0.3) is 22.3 Å². The largest absolute Gasteiger partial charge is 0.493 e. The number of unbranched alkanes of at least 4 members (excludes halogenated alkanes) is 2. The summed E-state index contributed by atoms with van der Waals surface area (Å²) >= 11 is 2.83. The van der Waals surface area contributed by atoms with Crippen molar-refractivity contribution in [2.24, 2.45) is 0 Å². The Morgan fingerprint density at radius 2 is 0.900 bits per heavy atom. The van der Waals surface area contributed by atoms with Crippen LogP contribution in [0.1, 0.15) is 107 Å². The predicted octanol–water partition coefficient (Wildman–Crippen LogP) is 3.50. The number of hydrogen-bond acceptors (Lipinski definition) is 21. The third-order valence-electron chi connectivity index (χ3n) is 16.5. The van der Waals surface area contributed by atoms with Crippen LogP contribution in [-0.2, 0) is 38.1 Å². The predicted molar refractivity (Wildman–Crippen MR) is 371 cm³/mol. The Kier molecular flexibility index (Phi) is 31.1. The van der Waals surface area contributed by atoms with Gasteiger partial charge >= 0.3 is 11.9 Å². The van der Waals surface area contributed by atoms with Gasteiger partial charge in [0, 0.05) is 81.1 Å². The van der Waals surface area contributed by atoms with Gasteiger partial charge in [-0.1, -0.05) is 105 Å². The molecule has 29 heteroatoms. The number of amides is 6. The Morgan fingerprint density at radius 3 is 1.31 bits per heavy atom. The number of aliphatic hydroxyl groups excluding tert-OH is 6. The van der Waals surface area contributed by atoms with E-state index in [1.165, 1.54) is 41.7 Å². The van der Waals surface area contributed by atoms with E-state index in [-0.39, 0.29) is 73.8 Å². The molecule has 0 unspecified atom stereocenters. The molecule has 2 aliphatic rings. The zero-order valence-corrected chi connectivity index (χ0v) is 57.5. The first kappa shape index (κ1) is 79.3. The third-order valence-corrected chi connectivity index (χ3v) is 18.7. The molecule has 0 spiro atoms. The number of carbonyl (C=O) groups is 8. The van der Waals surface area contributed by atoms with Gasteiger partial charge in [-0.05, 0) is 95.5 Å². The van der Waals surface area contributed by atoms with Crippen molar-refractivity contribution in [3.63, 3.8) is 0 Å². The summed E-state index contributed by atoms with van der Waals surface area (Å²) in [7, 11) is 0. The van der Waals surface area contributed by atoms with Gasteiger partial charge in [0.2, 0.25) is 11.8 Å². The Bertz CT molecular complexity index is 3490. The molecule has 0 bridgehead atoms. The van der Waals surface area contributed by atoms with Gasteiger partial charge in [0.25, 0.3) is 35.2 Å². The van der Waals surface area contributed by atoms with E-state index in [4.69, 9.17) is 23.7 Å². The molecule has 7 rings (SSSR count). The van der Waals surface area contributed by atoms with Crippen LogP contribution in [0.4, 0.5) is 0 Å². The molecule has 14 N–H and O–H groups in total. The Morgan fingerprint density at radius 1 is 0.500 bits per heavy atom. The van der Waals surface area contributed by atoms with Crippen molar-refractivity contribution in [3.8, 4) is 28.0 Å². The van der Waals surface area contributed by atoms with Gasteiger partial charge in [-0.2, -0.15) is 23.5 Å². The van der Waals surface area contributed by atoms with E-state index >= 15 is 0 Å². The molecule has 542 valence electrons. The molecule has 100 heavy (non-hydrogen) atoms. The smallest absolute Gasteiger partial charge is 0.364 e. The minimum absolute atomic E-state index is 0.196. The molecule has 0 saturated carbocycles. The lowest BCUT2D eigenvalue weighted by Gasteiger charge is -2.46. The van der Waals surface area contributed by atoms with E-state index in [0.29, 0.717) is 29.4 Å². The zero-order valence-electron chi connectivity index (χ0n) is 55.8. The monoisotopic (exact) mass is 1430 g/mol. The second-order valence-corrected chi connectivity index (χ2v) is 26.6. The Hall–Kier alpha value is -8.04. The van der Waals surface area contributed by atoms with Crippen LogP contribution >= 0.6 is 23.5 Å². The number of hydrogen-bond donors (Lipinski definition) is 14. The summed E-state index contributed by atoms with van der Waals surface area (Å²) in [4.78, 5) is 103. The van der Waals surface area contributed by atoms with Crippen LogP contribution in [0, 0.1) is 0 Å². The summed E-state index contributed by atoms with van der Waals surface area (Å²) in [6, 6.07) is 34.1. The highest BCUT2D eigenvalue weighted by atomic mass is 32.2. The summed E-state index contributed by atoms with van der Waals surface area (Å²) in [6.45, 7) is 3.61. The molecule has 0 radical (unpaired) electrons. The van der Waals surface area contributed by atoms with Gasteiger partial charge in [0.05, 0.1) is 61.9 Å².